The molecule has 0 bridgehead atoms. The first-order chi connectivity index (χ1) is 6.81. The standard InChI is InChI=1S/C14H18.3CH4/c1-4-7-8-12-9-10-13(5-2)14(6-3)11-12;;;/h5-6,9-11H,2-4,7-8H2,1H3;3*1H4. The predicted octanol–water partition coefficient (Wildman–Crippen LogP) is 6.22. The van der Waals surface area contributed by atoms with Crippen molar-refractivity contribution in [2.45, 2.75) is 48.5 Å². The molecule has 0 saturated carbocycles. The molecule has 0 nitrogen and oxygen atoms in total. The van der Waals surface area contributed by atoms with Crippen molar-refractivity contribution in [3.05, 3.63) is 48.0 Å². The van der Waals surface area contributed by atoms with Crippen molar-refractivity contribution in [1.29, 1.82) is 0 Å². The van der Waals surface area contributed by atoms with Gasteiger partial charge in [0.05, 0.1) is 0 Å². The Morgan fingerprint density at radius 2 is 1.59 bits per heavy atom. The maximum Gasteiger partial charge on any atom is -0.0187 e. The van der Waals surface area contributed by atoms with Crippen LogP contribution in [-0.4, -0.2) is 0 Å². The molecule has 0 amide bonds. The van der Waals surface area contributed by atoms with Gasteiger partial charge in [-0.1, -0.05) is 79.1 Å². The molecule has 0 aliphatic carbocycles. The summed E-state index contributed by atoms with van der Waals surface area (Å²) in [5.74, 6) is 0. The Morgan fingerprint density at radius 1 is 1.00 bits per heavy atom. The van der Waals surface area contributed by atoms with Gasteiger partial charge in [0, 0.05) is 0 Å². The summed E-state index contributed by atoms with van der Waals surface area (Å²) in [5.41, 5.74) is 3.75. The van der Waals surface area contributed by atoms with Crippen LogP contribution in [0.4, 0.5) is 0 Å². The Hall–Kier alpha value is -1.30. The number of rotatable bonds is 5. The molecule has 0 unspecified atom stereocenters. The summed E-state index contributed by atoms with van der Waals surface area (Å²) in [5, 5.41) is 0. The zero-order valence-corrected chi connectivity index (χ0v) is 8.92. The second kappa shape index (κ2) is 11.2. The largest absolute Gasteiger partial charge is 0.0984 e. The van der Waals surface area contributed by atoms with E-state index in [9.17, 15) is 0 Å². The minimum absolute atomic E-state index is 0. The van der Waals surface area contributed by atoms with Crippen molar-refractivity contribution in [2.24, 2.45) is 0 Å². The number of hydrogen-bond acceptors (Lipinski definition) is 0. The Labute approximate surface area is 109 Å². The van der Waals surface area contributed by atoms with Gasteiger partial charge in [0.15, 0.2) is 0 Å². The maximum atomic E-state index is 3.81. The van der Waals surface area contributed by atoms with Crippen LogP contribution < -0.4 is 0 Å². The van der Waals surface area contributed by atoms with Gasteiger partial charge in [0.1, 0.15) is 0 Å². The highest BCUT2D eigenvalue weighted by Gasteiger charge is 1.97. The first-order valence-electron chi connectivity index (χ1n) is 5.19. The van der Waals surface area contributed by atoms with Gasteiger partial charge in [-0.15, -0.1) is 0 Å². The molecule has 17 heavy (non-hydrogen) atoms. The molecule has 1 rings (SSSR count). The van der Waals surface area contributed by atoms with E-state index in [2.05, 4.69) is 38.3 Å². The van der Waals surface area contributed by atoms with Gasteiger partial charge in [-0.05, 0) is 29.5 Å². The number of hydrogen-bond donors (Lipinski definition) is 0. The van der Waals surface area contributed by atoms with Crippen molar-refractivity contribution in [3.8, 4) is 0 Å². The summed E-state index contributed by atoms with van der Waals surface area (Å²) in [6, 6.07) is 6.51. The van der Waals surface area contributed by atoms with Crippen molar-refractivity contribution < 1.29 is 0 Å². The lowest BCUT2D eigenvalue weighted by Gasteiger charge is -2.05. The molecule has 98 valence electrons. The third-order valence-electron chi connectivity index (χ3n) is 2.41. The number of unbranched alkanes of at least 4 members (excludes halogenated alkanes) is 1. The van der Waals surface area contributed by atoms with Crippen LogP contribution in [0.25, 0.3) is 12.2 Å². The first kappa shape index (κ1) is 21.0. The fourth-order valence-electron chi connectivity index (χ4n) is 1.52. The third-order valence-corrected chi connectivity index (χ3v) is 2.41. The summed E-state index contributed by atoms with van der Waals surface area (Å²) in [6.45, 7) is 9.81. The van der Waals surface area contributed by atoms with Gasteiger partial charge in [0.2, 0.25) is 0 Å². The molecule has 0 N–H and O–H groups in total. The summed E-state index contributed by atoms with van der Waals surface area (Å²) in [6.07, 6.45) is 7.43. The van der Waals surface area contributed by atoms with Gasteiger partial charge < -0.3 is 0 Å². The van der Waals surface area contributed by atoms with E-state index >= 15 is 0 Å². The van der Waals surface area contributed by atoms with Gasteiger partial charge in [-0.3, -0.25) is 0 Å². The summed E-state index contributed by atoms with van der Waals surface area (Å²) >= 11 is 0. The molecular formula is C17H30. The van der Waals surface area contributed by atoms with E-state index in [-0.39, 0.29) is 22.3 Å². The Bertz CT molecular complexity index is 321. The molecule has 0 atom stereocenters. The minimum Gasteiger partial charge on any atom is -0.0984 e. The molecule has 1 aromatic carbocycles. The summed E-state index contributed by atoms with van der Waals surface area (Å²) < 4.78 is 0. The zero-order valence-electron chi connectivity index (χ0n) is 8.92. The molecule has 0 fully saturated rings. The molecule has 0 heteroatoms. The van der Waals surface area contributed by atoms with Crippen LogP contribution in [0.3, 0.4) is 0 Å². The molecular weight excluding hydrogens is 204 g/mol. The van der Waals surface area contributed by atoms with E-state index in [1.165, 1.54) is 29.5 Å². The van der Waals surface area contributed by atoms with Crippen LogP contribution in [0, 0.1) is 0 Å². The SMILES string of the molecule is C.C.C.C=Cc1ccc(CCCC)cc1C=C. The highest BCUT2D eigenvalue weighted by molar-refractivity contribution is 5.64. The quantitative estimate of drug-likeness (QED) is 0.567. The lowest BCUT2D eigenvalue weighted by atomic mass is 10.0. The lowest BCUT2D eigenvalue weighted by molar-refractivity contribution is 0.795. The van der Waals surface area contributed by atoms with Crippen LogP contribution in [-0.2, 0) is 6.42 Å². The Balaban J connectivity index is -0.000000653. The topological polar surface area (TPSA) is 0 Å². The van der Waals surface area contributed by atoms with E-state index in [4.69, 9.17) is 0 Å². The predicted molar refractivity (Wildman–Crippen MR) is 85.4 cm³/mol. The van der Waals surface area contributed by atoms with E-state index in [1.54, 1.807) is 0 Å². The van der Waals surface area contributed by atoms with E-state index in [1.807, 2.05) is 12.2 Å². The number of benzene rings is 1. The van der Waals surface area contributed by atoms with Crippen molar-refractivity contribution in [3.63, 3.8) is 0 Å². The molecule has 0 radical (unpaired) electrons. The lowest BCUT2D eigenvalue weighted by Crippen LogP contribution is -1.88. The smallest absolute Gasteiger partial charge is 0.0187 e. The van der Waals surface area contributed by atoms with Gasteiger partial charge in [0.25, 0.3) is 0 Å². The molecule has 0 aliphatic heterocycles. The summed E-state index contributed by atoms with van der Waals surface area (Å²) in [4.78, 5) is 0. The van der Waals surface area contributed by atoms with E-state index < -0.39 is 0 Å². The van der Waals surface area contributed by atoms with Crippen LogP contribution in [0.2, 0.25) is 0 Å². The van der Waals surface area contributed by atoms with Gasteiger partial charge in [-0.2, -0.15) is 0 Å². The second-order valence-corrected chi connectivity index (χ2v) is 3.48. The van der Waals surface area contributed by atoms with Crippen LogP contribution >= 0.6 is 0 Å². The molecule has 0 saturated heterocycles. The van der Waals surface area contributed by atoms with Crippen LogP contribution in [0.15, 0.2) is 31.4 Å². The third kappa shape index (κ3) is 6.11. The summed E-state index contributed by atoms with van der Waals surface area (Å²) in [7, 11) is 0. The monoisotopic (exact) mass is 234 g/mol. The number of aryl methyl sites for hydroxylation is 1. The van der Waals surface area contributed by atoms with E-state index in [0.29, 0.717) is 0 Å². The fraction of sp³-hybridized carbons (Fsp3) is 0.412. The average molecular weight is 234 g/mol. The molecule has 1 aromatic rings. The molecule has 0 spiro atoms. The van der Waals surface area contributed by atoms with Crippen molar-refractivity contribution in [2.75, 3.05) is 0 Å². The first-order valence-corrected chi connectivity index (χ1v) is 5.19. The zero-order chi connectivity index (χ0) is 10.4. The van der Waals surface area contributed by atoms with Gasteiger partial charge in [-0.25, -0.2) is 0 Å². The van der Waals surface area contributed by atoms with E-state index in [0.717, 1.165) is 6.42 Å². The maximum absolute atomic E-state index is 3.81. The molecule has 0 heterocycles. The normalized spacial score (nSPS) is 8.06. The van der Waals surface area contributed by atoms with Crippen LogP contribution in [0.1, 0.15) is 58.7 Å². The Kier molecular flexibility index (Phi) is 13.8. The van der Waals surface area contributed by atoms with Crippen molar-refractivity contribution in [1.82, 2.24) is 0 Å². The highest BCUT2D eigenvalue weighted by Crippen LogP contribution is 2.16. The fourth-order valence-corrected chi connectivity index (χ4v) is 1.52. The Morgan fingerprint density at radius 3 is 2.06 bits per heavy atom. The molecule has 0 aliphatic rings. The average Bonchev–Trinajstić information content (AvgIpc) is 2.25. The van der Waals surface area contributed by atoms with Crippen molar-refractivity contribution >= 4 is 12.2 Å². The van der Waals surface area contributed by atoms with Crippen LogP contribution in [0.5, 0.6) is 0 Å². The molecule has 0 aromatic heterocycles. The second-order valence-electron chi connectivity index (χ2n) is 3.48. The highest BCUT2D eigenvalue weighted by atomic mass is 14.0. The minimum atomic E-state index is 0. The van der Waals surface area contributed by atoms with Gasteiger partial charge >= 0.3 is 0 Å².